The molecule has 8 unspecified atom stereocenters. The molecule has 7 nitrogen and oxygen atoms in total. The predicted molar refractivity (Wildman–Crippen MR) is 127 cm³/mol. The normalized spacial score (nSPS) is 45.3. The molecule has 0 radical (unpaired) electrons. The van der Waals surface area contributed by atoms with Gasteiger partial charge in [0, 0.05) is 25.7 Å². The van der Waals surface area contributed by atoms with Gasteiger partial charge in [-0.15, -0.1) is 0 Å². The molecule has 0 aromatic heterocycles. The van der Waals surface area contributed by atoms with Crippen molar-refractivity contribution < 1.29 is 33.3 Å². The first-order valence-corrected chi connectivity index (χ1v) is 13.2. The van der Waals surface area contributed by atoms with Gasteiger partial charge in [-0.25, -0.2) is 0 Å². The molecule has 1 heterocycles. The van der Waals surface area contributed by atoms with E-state index in [9.17, 15) is 14.4 Å². The maximum Gasteiger partial charge on any atom is 0.303 e. The van der Waals surface area contributed by atoms with E-state index in [1.807, 2.05) is 13.8 Å². The van der Waals surface area contributed by atoms with Crippen LogP contribution in [0.5, 0.6) is 0 Å². The first kappa shape index (κ1) is 24.9. The van der Waals surface area contributed by atoms with E-state index in [-0.39, 0.29) is 47.3 Å². The summed E-state index contributed by atoms with van der Waals surface area (Å²) in [6.45, 7) is 10.9. The van der Waals surface area contributed by atoms with Crippen molar-refractivity contribution >= 4 is 17.7 Å². The zero-order valence-electron chi connectivity index (χ0n) is 22.0. The Labute approximate surface area is 208 Å². The SMILES string of the molecule is CC(=O)OCC(=O)C12OC(C)(C)OC1CC1C3CC=C4CC(OC(C)=O)CCC4(C)C3CCC12C. The topological polar surface area (TPSA) is 88.1 Å². The van der Waals surface area contributed by atoms with Gasteiger partial charge < -0.3 is 18.9 Å². The van der Waals surface area contributed by atoms with Gasteiger partial charge in [-0.1, -0.05) is 25.5 Å². The van der Waals surface area contributed by atoms with Crippen LogP contribution in [0.3, 0.4) is 0 Å². The second-order valence-electron chi connectivity index (χ2n) is 12.5. The lowest BCUT2D eigenvalue weighted by atomic mass is 9.46. The van der Waals surface area contributed by atoms with Crippen molar-refractivity contribution in [1.82, 2.24) is 0 Å². The Balaban J connectivity index is 1.46. The van der Waals surface area contributed by atoms with Crippen LogP contribution in [0.4, 0.5) is 0 Å². The van der Waals surface area contributed by atoms with Crippen molar-refractivity contribution in [2.45, 2.75) is 110 Å². The number of carbonyl (C=O) groups is 3. The van der Waals surface area contributed by atoms with Gasteiger partial charge in [-0.2, -0.15) is 0 Å². The number of ether oxygens (including phenoxy) is 4. The number of ketones is 1. The van der Waals surface area contributed by atoms with Gasteiger partial charge in [0.2, 0.25) is 5.78 Å². The molecule has 0 spiro atoms. The quantitative estimate of drug-likeness (QED) is 0.425. The Morgan fingerprint density at radius 3 is 2.46 bits per heavy atom. The van der Waals surface area contributed by atoms with Crippen LogP contribution in [0.1, 0.15) is 86.5 Å². The molecule has 8 atom stereocenters. The lowest BCUT2D eigenvalue weighted by Gasteiger charge is -2.59. The highest BCUT2D eigenvalue weighted by Crippen LogP contribution is 2.70. The molecule has 194 valence electrons. The van der Waals surface area contributed by atoms with Gasteiger partial charge >= 0.3 is 11.9 Å². The Bertz CT molecular complexity index is 968. The minimum Gasteiger partial charge on any atom is -0.462 e. The van der Waals surface area contributed by atoms with Crippen LogP contribution in [0.15, 0.2) is 11.6 Å². The minimum absolute atomic E-state index is 0.0192. The fourth-order valence-corrected chi connectivity index (χ4v) is 8.84. The highest BCUT2D eigenvalue weighted by Gasteiger charge is 2.75. The largest absolute Gasteiger partial charge is 0.462 e. The fourth-order valence-electron chi connectivity index (χ4n) is 8.84. The summed E-state index contributed by atoms with van der Waals surface area (Å²) in [6, 6.07) is 0. The molecule has 1 saturated heterocycles. The summed E-state index contributed by atoms with van der Waals surface area (Å²) in [6.07, 6.45) is 8.41. The third-order valence-corrected chi connectivity index (χ3v) is 10.2. The predicted octanol–water partition coefficient (Wildman–Crippen LogP) is 4.51. The molecule has 0 amide bonds. The summed E-state index contributed by atoms with van der Waals surface area (Å²) in [7, 11) is 0. The van der Waals surface area contributed by atoms with E-state index in [4.69, 9.17) is 18.9 Å². The van der Waals surface area contributed by atoms with Crippen LogP contribution in [0.25, 0.3) is 0 Å². The van der Waals surface area contributed by atoms with Crippen LogP contribution in [-0.4, -0.2) is 47.9 Å². The highest BCUT2D eigenvalue weighted by molar-refractivity contribution is 5.92. The highest BCUT2D eigenvalue weighted by atomic mass is 16.8. The molecule has 7 heteroatoms. The van der Waals surface area contributed by atoms with Crippen LogP contribution in [0.2, 0.25) is 0 Å². The maximum atomic E-state index is 13.7. The second kappa shape index (κ2) is 8.14. The summed E-state index contributed by atoms with van der Waals surface area (Å²) in [4.78, 5) is 36.8. The molecule has 5 rings (SSSR count). The third kappa shape index (κ3) is 3.63. The molecular formula is C28H40O7. The number of Topliss-reactive ketones (excluding diaryl/α,β-unsaturated/α-hetero) is 1. The molecule has 5 aliphatic rings. The van der Waals surface area contributed by atoms with Gasteiger partial charge in [0.25, 0.3) is 0 Å². The number of hydrogen-bond donors (Lipinski definition) is 0. The van der Waals surface area contributed by atoms with Gasteiger partial charge in [-0.3, -0.25) is 14.4 Å². The zero-order chi connectivity index (χ0) is 25.4. The number of rotatable bonds is 4. The molecule has 1 aliphatic heterocycles. The standard InChI is InChI=1S/C28H40O7/c1-16(29)32-15-23(31)28-24(34-25(3,4)35-28)14-22-20-8-7-18-13-19(33-17(2)30)9-11-26(18,5)21(20)10-12-27(22,28)6/h7,19-22,24H,8-15H2,1-6H3. The van der Waals surface area contributed by atoms with Gasteiger partial charge in [0.15, 0.2) is 18.0 Å². The Hall–Kier alpha value is -1.73. The number of allylic oxidation sites excluding steroid dienone is 1. The van der Waals surface area contributed by atoms with Crippen molar-refractivity contribution in [3.05, 3.63) is 11.6 Å². The van der Waals surface area contributed by atoms with Gasteiger partial charge in [0.1, 0.15) is 6.10 Å². The Morgan fingerprint density at radius 1 is 1.03 bits per heavy atom. The monoisotopic (exact) mass is 488 g/mol. The van der Waals surface area contributed by atoms with Crippen LogP contribution in [0, 0.1) is 28.6 Å². The first-order valence-electron chi connectivity index (χ1n) is 13.2. The first-order chi connectivity index (χ1) is 16.3. The van der Waals surface area contributed by atoms with Crippen molar-refractivity contribution in [3.63, 3.8) is 0 Å². The Kier molecular flexibility index (Phi) is 5.80. The van der Waals surface area contributed by atoms with E-state index in [0.29, 0.717) is 11.8 Å². The van der Waals surface area contributed by atoms with E-state index < -0.39 is 17.4 Å². The van der Waals surface area contributed by atoms with Crippen LogP contribution in [-0.2, 0) is 33.3 Å². The Morgan fingerprint density at radius 2 is 1.77 bits per heavy atom. The minimum atomic E-state index is -1.10. The molecule has 4 fully saturated rings. The zero-order valence-corrected chi connectivity index (χ0v) is 22.0. The van der Waals surface area contributed by atoms with Crippen molar-refractivity contribution in [2.75, 3.05) is 6.61 Å². The average molecular weight is 489 g/mol. The van der Waals surface area contributed by atoms with Crippen molar-refractivity contribution in [3.8, 4) is 0 Å². The van der Waals surface area contributed by atoms with Crippen molar-refractivity contribution in [1.29, 1.82) is 0 Å². The molecule has 3 saturated carbocycles. The molecule has 0 aromatic rings. The second-order valence-corrected chi connectivity index (χ2v) is 12.5. The molecule has 4 aliphatic carbocycles. The summed E-state index contributed by atoms with van der Waals surface area (Å²) < 4.78 is 23.7. The van der Waals surface area contributed by atoms with Gasteiger partial charge in [-0.05, 0) is 75.5 Å². The molecule has 0 bridgehead atoms. The maximum absolute atomic E-state index is 13.7. The summed E-state index contributed by atoms with van der Waals surface area (Å²) >= 11 is 0. The molecule has 35 heavy (non-hydrogen) atoms. The molecule has 0 aromatic carbocycles. The molecular weight excluding hydrogens is 448 g/mol. The number of fused-ring (bicyclic) bond motifs is 7. The number of esters is 2. The summed E-state index contributed by atoms with van der Waals surface area (Å²) in [5.41, 5.74) is 0.0429. The van der Waals surface area contributed by atoms with E-state index in [0.717, 1.165) is 44.9 Å². The average Bonchev–Trinajstić information content (AvgIpc) is 3.17. The number of carbonyl (C=O) groups excluding carboxylic acids is 3. The van der Waals surface area contributed by atoms with E-state index in [1.54, 1.807) is 0 Å². The van der Waals surface area contributed by atoms with Crippen LogP contribution >= 0.6 is 0 Å². The lowest BCUT2D eigenvalue weighted by Crippen LogP contribution is -2.61. The van der Waals surface area contributed by atoms with E-state index in [1.165, 1.54) is 19.4 Å². The summed E-state index contributed by atoms with van der Waals surface area (Å²) in [5, 5.41) is 0. The van der Waals surface area contributed by atoms with E-state index in [2.05, 4.69) is 19.9 Å². The molecule has 0 N–H and O–H groups in total. The lowest BCUT2D eigenvalue weighted by molar-refractivity contribution is -0.215. The van der Waals surface area contributed by atoms with Crippen LogP contribution < -0.4 is 0 Å². The fraction of sp³-hybridized carbons (Fsp3) is 0.821. The van der Waals surface area contributed by atoms with E-state index >= 15 is 0 Å². The smallest absolute Gasteiger partial charge is 0.303 e. The summed E-state index contributed by atoms with van der Waals surface area (Å²) in [5.74, 6) is -0.461. The van der Waals surface area contributed by atoms with Gasteiger partial charge in [0.05, 0.1) is 6.10 Å². The third-order valence-electron chi connectivity index (χ3n) is 10.2. The number of hydrogen-bond acceptors (Lipinski definition) is 7. The van der Waals surface area contributed by atoms with Crippen molar-refractivity contribution in [2.24, 2.45) is 28.6 Å².